The Kier molecular flexibility index (Phi) is 11.6. The van der Waals surface area contributed by atoms with E-state index in [0.717, 1.165) is 49.1 Å². The summed E-state index contributed by atoms with van der Waals surface area (Å²) in [6, 6.07) is 42.2. The average Bonchev–Trinajstić information content (AvgIpc) is 4.04. The van der Waals surface area contributed by atoms with Crippen LogP contribution in [0, 0.1) is 35.5 Å². The first kappa shape index (κ1) is 43.6. The Hall–Kier alpha value is -1.24. The lowest BCUT2D eigenvalue weighted by Crippen LogP contribution is -2.60. The van der Waals surface area contributed by atoms with Gasteiger partial charge in [0.1, 0.15) is 19.5 Å². The van der Waals surface area contributed by atoms with Crippen LogP contribution >= 0.6 is 93.5 Å². The summed E-state index contributed by atoms with van der Waals surface area (Å²) in [4.78, 5) is -0.377. The molecule has 0 radical (unpaired) electrons. The number of halogens is 4. The maximum Gasteiger partial charge on any atom is 0.216 e. The molecule has 0 aromatic heterocycles. The van der Waals surface area contributed by atoms with Gasteiger partial charge in [-0.1, -0.05) is 121 Å². The van der Waals surface area contributed by atoms with Crippen LogP contribution < -0.4 is 0 Å². The maximum absolute atomic E-state index is 8.56. The second-order valence-electron chi connectivity index (χ2n) is 17.0. The molecule has 0 spiro atoms. The molecule has 4 saturated carbocycles. The highest BCUT2D eigenvalue weighted by atomic mass is 35.5. The van der Waals surface area contributed by atoms with Gasteiger partial charge in [-0.2, -0.15) is 0 Å². The van der Waals surface area contributed by atoms with E-state index in [-0.39, 0.29) is 35.5 Å². The molecule has 6 aliphatic rings. The minimum atomic E-state index is -1.37. The molecule has 0 N–H and O–H groups in total. The first-order chi connectivity index (χ1) is 29.6. The number of ether oxygens (including phenoxy) is 4. The summed E-state index contributed by atoms with van der Waals surface area (Å²) in [5.41, 5.74) is 4.82. The molecule has 10 rings (SSSR count). The summed E-state index contributed by atoms with van der Waals surface area (Å²) in [7, 11) is 6.84. The summed E-state index contributed by atoms with van der Waals surface area (Å²) in [5.74, 6) is -0.393. The topological polar surface area (TPSA) is 36.9 Å². The van der Waals surface area contributed by atoms with Crippen molar-refractivity contribution < 1.29 is 18.9 Å². The molecule has 4 aromatic rings. The zero-order valence-corrected chi connectivity index (χ0v) is 40.6. The smallest absolute Gasteiger partial charge is 0.216 e. The van der Waals surface area contributed by atoms with E-state index >= 15 is 0 Å². The maximum atomic E-state index is 8.56. The van der Waals surface area contributed by atoms with Gasteiger partial charge in [-0.05, 0) is 64.2 Å². The number of benzene rings is 4. The van der Waals surface area contributed by atoms with Crippen LogP contribution in [0.4, 0.5) is 0 Å². The number of rotatable bonds is 16. The van der Waals surface area contributed by atoms with Crippen molar-refractivity contribution in [3.8, 4) is 0 Å². The lowest BCUT2D eigenvalue weighted by atomic mass is 9.61. The predicted molar refractivity (Wildman–Crippen MR) is 258 cm³/mol. The van der Waals surface area contributed by atoms with E-state index in [1.165, 1.54) is 22.3 Å². The van der Waals surface area contributed by atoms with Crippen molar-refractivity contribution in [2.75, 3.05) is 28.4 Å². The van der Waals surface area contributed by atoms with Gasteiger partial charge in [0.25, 0.3) is 0 Å². The molecule has 61 heavy (non-hydrogen) atoms. The standard InChI is InChI=1S/C49H48Cl4O4S4/c1-54-48(55-2)44(50)36-34-25-35(37(36)45(48,51)41(59-27-31-19-11-6-12-20-31)40(44)58-26-30-17-9-5-10-18-30)39-38(34)46(52)42(60-28-32-21-13-7-14-22-32)43(47(39,53)49(46,56-3)57-4)61-29-33-23-15-8-16-24-33/h5-24,34-39H,25-29H2,1-4H3/t34?,35?,36-,37+,38+,39-,44-,45+,46+,47-. The molecule has 0 saturated heterocycles. The third-order valence-electron chi connectivity index (χ3n) is 14.7. The largest absolute Gasteiger partial charge is 0.350 e. The van der Waals surface area contributed by atoms with Gasteiger partial charge in [-0.25, -0.2) is 0 Å². The van der Waals surface area contributed by atoms with Crippen LogP contribution in [0.3, 0.4) is 0 Å². The molecule has 4 fully saturated rings. The van der Waals surface area contributed by atoms with Gasteiger partial charge < -0.3 is 18.9 Å². The van der Waals surface area contributed by atoms with Gasteiger partial charge in [0.15, 0.2) is 0 Å². The second-order valence-corrected chi connectivity index (χ2v) is 23.3. The van der Waals surface area contributed by atoms with Crippen molar-refractivity contribution in [2.45, 2.75) is 60.5 Å². The van der Waals surface area contributed by atoms with E-state index in [4.69, 9.17) is 65.4 Å². The molecule has 0 heterocycles. The number of alkyl halides is 4. The van der Waals surface area contributed by atoms with E-state index in [1.807, 2.05) is 24.3 Å². The third kappa shape index (κ3) is 5.67. The van der Waals surface area contributed by atoms with Gasteiger partial charge in [0.2, 0.25) is 11.6 Å². The SMILES string of the molecule is COC1(OC)[C@@]2(Cl)C(SCc3ccccc3)=C(SCc3ccccc3)[C@]1(Cl)[C@@H]1C3CC([C@@H]4[C@H]3[C@]3(Cl)C(SCc5ccccc5)=C(SCc5ccccc5)[C@@]4(Cl)C3(OC)OC)[C@@H]12. The van der Waals surface area contributed by atoms with Crippen LogP contribution in [0.1, 0.15) is 28.7 Å². The predicted octanol–water partition coefficient (Wildman–Crippen LogP) is 13.2. The quantitative estimate of drug-likeness (QED) is 0.0625. The number of methoxy groups -OCH3 is 4. The number of hydrogen-bond acceptors (Lipinski definition) is 8. The Bertz CT molecular complexity index is 2020. The van der Waals surface area contributed by atoms with Crippen LogP contribution in [0.15, 0.2) is 141 Å². The van der Waals surface area contributed by atoms with Crippen molar-refractivity contribution >= 4 is 93.5 Å². The molecule has 320 valence electrons. The summed E-state index contributed by atoms with van der Waals surface area (Å²) >= 11 is 41.3. The molecule has 6 aliphatic carbocycles. The minimum Gasteiger partial charge on any atom is -0.350 e. The van der Waals surface area contributed by atoms with Crippen LogP contribution in [-0.2, 0) is 42.0 Å². The lowest BCUT2D eigenvalue weighted by Gasteiger charge is -2.50. The van der Waals surface area contributed by atoms with Crippen molar-refractivity contribution in [3.63, 3.8) is 0 Å². The Morgan fingerprint density at radius 2 is 0.607 bits per heavy atom. The molecule has 2 unspecified atom stereocenters. The van der Waals surface area contributed by atoms with Gasteiger partial charge in [-0.3, -0.25) is 0 Å². The minimum absolute atomic E-state index is 0.00611. The molecule has 6 bridgehead atoms. The molecule has 10 atom stereocenters. The molecule has 4 aromatic carbocycles. The van der Waals surface area contributed by atoms with Gasteiger partial charge in [0.05, 0.1) is 0 Å². The average molecular weight is 971 g/mol. The van der Waals surface area contributed by atoms with Crippen molar-refractivity contribution in [2.24, 2.45) is 35.5 Å². The zero-order chi connectivity index (χ0) is 42.4. The second kappa shape index (κ2) is 16.3. The first-order valence-electron chi connectivity index (χ1n) is 20.7. The Morgan fingerprint density at radius 1 is 0.393 bits per heavy atom. The van der Waals surface area contributed by atoms with E-state index in [0.29, 0.717) is 0 Å². The molecule has 0 amide bonds. The summed E-state index contributed by atoms with van der Waals surface area (Å²) in [5, 5.41) is 0. The number of fused-ring (bicyclic) bond motifs is 16. The van der Waals surface area contributed by atoms with Gasteiger partial charge in [-0.15, -0.1) is 93.5 Å². The summed E-state index contributed by atoms with van der Waals surface area (Å²) in [6.45, 7) is 0. The summed E-state index contributed by atoms with van der Waals surface area (Å²) in [6.07, 6.45) is 0.879. The van der Waals surface area contributed by atoms with Gasteiger partial charge >= 0.3 is 0 Å². The monoisotopic (exact) mass is 968 g/mol. The fourth-order valence-electron chi connectivity index (χ4n) is 12.8. The number of thioether (sulfide) groups is 4. The first-order valence-corrected chi connectivity index (χ1v) is 26.2. The molecular weight excluding hydrogens is 923 g/mol. The van der Waals surface area contributed by atoms with E-state index in [9.17, 15) is 0 Å². The Morgan fingerprint density at radius 3 is 0.803 bits per heavy atom. The highest BCUT2D eigenvalue weighted by Crippen LogP contribution is 2.90. The van der Waals surface area contributed by atoms with Crippen molar-refractivity contribution in [1.29, 1.82) is 0 Å². The van der Waals surface area contributed by atoms with Crippen molar-refractivity contribution in [1.82, 2.24) is 0 Å². The Labute approximate surface area is 396 Å². The fraction of sp³-hybridized carbons (Fsp3) is 0.429. The zero-order valence-electron chi connectivity index (χ0n) is 34.3. The van der Waals surface area contributed by atoms with Crippen LogP contribution in [-0.4, -0.2) is 59.5 Å². The molecule has 4 nitrogen and oxygen atoms in total. The number of hydrogen-bond donors (Lipinski definition) is 0. The Balaban J connectivity index is 1.13. The highest BCUT2D eigenvalue weighted by molar-refractivity contribution is 8.06. The highest BCUT2D eigenvalue weighted by Gasteiger charge is 2.96. The third-order valence-corrected chi connectivity index (χ3v) is 23.3. The van der Waals surface area contributed by atoms with Crippen LogP contribution in [0.5, 0.6) is 0 Å². The van der Waals surface area contributed by atoms with Crippen LogP contribution in [0.25, 0.3) is 0 Å². The van der Waals surface area contributed by atoms with E-state index < -0.39 is 31.1 Å². The lowest BCUT2D eigenvalue weighted by molar-refractivity contribution is -0.228. The van der Waals surface area contributed by atoms with Crippen LogP contribution in [0.2, 0.25) is 0 Å². The van der Waals surface area contributed by atoms with E-state index in [2.05, 4.69) is 97.1 Å². The molecule has 12 heteroatoms. The molecule has 0 aliphatic heterocycles. The summed E-state index contributed by atoms with van der Waals surface area (Å²) < 4.78 is 26.9. The van der Waals surface area contributed by atoms with Gasteiger partial charge in [0, 0.05) is 71.1 Å². The van der Waals surface area contributed by atoms with E-state index in [1.54, 1.807) is 75.5 Å². The fourth-order valence-corrected chi connectivity index (χ4v) is 22.4. The molecular formula is C49H48Cl4O4S4. The van der Waals surface area contributed by atoms with Crippen molar-refractivity contribution in [3.05, 3.63) is 163 Å². The normalized spacial score (nSPS) is 35.7.